The maximum atomic E-state index is 14.2. The summed E-state index contributed by atoms with van der Waals surface area (Å²) in [5.41, 5.74) is -0.517. The SMILES string of the molecule is CO/N=C\NC(=O)c1ccc(C2(O)CC(c3cc(Cl)cc(Cl)c3)(C(F)(F)F)NO2)cc1C. The number of alkyl halides is 3. The molecule has 2 aromatic rings. The number of nitrogens with zero attached hydrogens (tertiary/aromatic N) is 1. The first-order valence-electron chi connectivity index (χ1n) is 9.10. The Morgan fingerprint density at radius 3 is 2.47 bits per heavy atom. The molecule has 2 unspecified atom stereocenters. The number of amides is 1. The van der Waals surface area contributed by atoms with Crippen LogP contribution in [0.4, 0.5) is 13.2 Å². The molecular weight excluding hydrogens is 474 g/mol. The molecule has 7 nitrogen and oxygen atoms in total. The van der Waals surface area contributed by atoms with Crippen LogP contribution in [-0.4, -0.2) is 30.6 Å². The fourth-order valence-corrected chi connectivity index (χ4v) is 3.95. The van der Waals surface area contributed by atoms with Gasteiger partial charge in [-0.25, -0.2) is 0 Å². The minimum atomic E-state index is -4.87. The highest BCUT2D eigenvalue weighted by Gasteiger charge is 2.65. The highest BCUT2D eigenvalue weighted by Crippen LogP contribution is 2.52. The van der Waals surface area contributed by atoms with Crippen molar-refractivity contribution in [2.45, 2.75) is 30.8 Å². The molecule has 0 saturated carbocycles. The van der Waals surface area contributed by atoms with E-state index >= 15 is 0 Å². The van der Waals surface area contributed by atoms with E-state index in [2.05, 4.69) is 15.3 Å². The normalized spacial score (nSPS) is 23.5. The summed E-state index contributed by atoms with van der Waals surface area (Å²) in [6.45, 7) is 1.56. The van der Waals surface area contributed by atoms with Gasteiger partial charge in [-0.05, 0) is 48.4 Å². The molecule has 1 saturated heterocycles. The highest BCUT2D eigenvalue weighted by atomic mass is 35.5. The monoisotopic (exact) mass is 491 g/mol. The third-order valence-corrected chi connectivity index (χ3v) is 5.45. The van der Waals surface area contributed by atoms with Crippen LogP contribution in [0.3, 0.4) is 0 Å². The van der Waals surface area contributed by atoms with Crippen LogP contribution in [0, 0.1) is 6.92 Å². The fraction of sp³-hybridized carbons (Fsp3) is 0.300. The van der Waals surface area contributed by atoms with Gasteiger partial charge >= 0.3 is 6.18 Å². The van der Waals surface area contributed by atoms with Gasteiger partial charge in [0.1, 0.15) is 13.4 Å². The zero-order valence-electron chi connectivity index (χ0n) is 16.8. The molecule has 3 N–H and O–H groups in total. The van der Waals surface area contributed by atoms with E-state index in [1.54, 1.807) is 6.92 Å². The van der Waals surface area contributed by atoms with E-state index in [9.17, 15) is 23.1 Å². The maximum absolute atomic E-state index is 14.2. The number of oxime groups is 1. The van der Waals surface area contributed by atoms with Gasteiger partial charge in [0.2, 0.25) is 5.79 Å². The van der Waals surface area contributed by atoms with E-state index in [4.69, 9.17) is 28.0 Å². The fourth-order valence-electron chi connectivity index (χ4n) is 3.42. The van der Waals surface area contributed by atoms with Crippen LogP contribution in [-0.2, 0) is 21.0 Å². The molecular formula is C20H18Cl2F3N3O4. The minimum Gasteiger partial charge on any atom is -0.398 e. The van der Waals surface area contributed by atoms with E-state index < -0.39 is 29.8 Å². The van der Waals surface area contributed by atoms with Crippen molar-refractivity contribution < 1.29 is 32.7 Å². The van der Waals surface area contributed by atoms with E-state index in [1.807, 2.05) is 5.48 Å². The summed E-state index contributed by atoms with van der Waals surface area (Å²) < 4.78 is 42.6. The van der Waals surface area contributed by atoms with Crippen molar-refractivity contribution in [3.8, 4) is 0 Å². The Hall–Kier alpha value is -2.37. The predicted octanol–water partition coefficient (Wildman–Crippen LogP) is 4.15. The zero-order valence-corrected chi connectivity index (χ0v) is 18.3. The Balaban J connectivity index is 1.97. The molecule has 32 heavy (non-hydrogen) atoms. The second-order valence-corrected chi connectivity index (χ2v) is 8.02. The first kappa shape index (κ1) is 24.3. The molecule has 1 aliphatic rings. The number of rotatable bonds is 5. The third-order valence-electron chi connectivity index (χ3n) is 5.01. The lowest BCUT2D eigenvalue weighted by molar-refractivity contribution is -0.227. The molecule has 172 valence electrons. The average Bonchev–Trinajstić information content (AvgIpc) is 3.08. The number of aliphatic hydroxyl groups is 1. The van der Waals surface area contributed by atoms with E-state index in [-0.39, 0.29) is 26.7 Å². The first-order valence-corrected chi connectivity index (χ1v) is 9.85. The van der Waals surface area contributed by atoms with Crippen molar-refractivity contribution >= 4 is 35.4 Å². The lowest BCUT2D eigenvalue weighted by atomic mass is 9.82. The van der Waals surface area contributed by atoms with Gasteiger partial charge in [0.25, 0.3) is 5.91 Å². The first-order chi connectivity index (χ1) is 14.9. The number of halogens is 5. The van der Waals surface area contributed by atoms with Crippen LogP contribution in [0.2, 0.25) is 10.0 Å². The number of hydrogen-bond acceptors (Lipinski definition) is 6. The van der Waals surface area contributed by atoms with Crippen LogP contribution >= 0.6 is 23.2 Å². The lowest BCUT2D eigenvalue weighted by Crippen LogP contribution is -2.49. The number of hydroxylamine groups is 1. The molecule has 0 bridgehead atoms. The molecule has 1 amide bonds. The van der Waals surface area contributed by atoms with Crippen molar-refractivity contribution in [2.75, 3.05) is 7.11 Å². The maximum Gasteiger partial charge on any atom is 0.413 e. The molecule has 0 spiro atoms. The van der Waals surface area contributed by atoms with Gasteiger partial charge in [0.15, 0.2) is 5.54 Å². The van der Waals surface area contributed by atoms with Crippen LogP contribution < -0.4 is 10.8 Å². The zero-order chi connectivity index (χ0) is 23.7. The molecule has 0 radical (unpaired) electrons. The molecule has 2 aromatic carbocycles. The van der Waals surface area contributed by atoms with Gasteiger partial charge in [-0.15, -0.1) is 0 Å². The summed E-state index contributed by atoms with van der Waals surface area (Å²) in [6, 6.07) is 7.51. The summed E-state index contributed by atoms with van der Waals surface area (Å²) in [5.74, 6) is -2.88. The van der Waals surface area contributed by atoms with Crippen molar-refractivity contribution in [2.24, 2.45) is 5.16 Å². The average molecular weight is 492 g/mol. The van der Waals surface area contributed by atoms with Gasteiger partial charge in [0.05, 0.1) is 0 Å². The van der Waals surface area contributed by atoms with Crippen LogP contribution in [0.25, 0.3) is 0 Å². The summed E-state index contributed by atoms with van der Waals surface area (Å²) in [7, 11) is 1.30. The van der Waals surface area contributed by atoms with Crippen LogP contribution in [0.1, 0.15) is 33.5 Å². The van der Waals surface area contributed by atoms with Crippen molar-refractivity contribution in [1.82, 2.24) is 10.8 Å². The molecule has 0 aromatic heterocycles. The van der Waals surface area contributed by atoms with Crippen LogP contribution in [0.5, 0.6) is 0 Å². The smallest absolute Gasteiger partial charge is 0.398 e. The number of hydrogen-bond donors (Lipinski definition) is 3. The topological polar surface area (TPSA) is 92.2 Å². The van der Waals surface area contributed by atoms with E-state index in [0.717, 1.165) is 18.5 Å². The Morgan fingerprint density at radius 2 is 1.91 bits per heavy atom. The standard InChI is InChI=1S/C20H18Cl2F3N3O4/c1-11-5-12(3-4-16(11)17(29)26-10-27-31-2)19(30)9-18(28-32-19,20(23,24)25)13-6-14(21)8-15(22)7-13/h3-8,10,28,30H,9H2,1-2H3,(H,26,27,29). The van der Waals surface area contributed by atoms with Crippen molar-refractivity contribution in [1.29, 1.82) is 0 Å². The Morgan fingerprint density at radius 1 is 1.25 bits per heavy atom. The highest BCUT2D eigenvalue weighted by molar-refractivity contribution is 6.34. The number of carbonyl (C=O) groups excluding carboxylic acids is 1. The Bertz CT molecular complexity index is 1050. The van der Waals surface area contributed by atoms with Gasteiger partial charge < -0.3 is 15.3 Å². The minimum absolute atomic E-state index is 0.00316. The van der Waals surface area contributed by atoms with Gasteiger partial charge in [-0.1, -0.05) is 34.4 Å². The summed E-state index contributed by atoms with van der Waals surface area (Å²) >= 11 is 11.8. The quantitative estimate of drug-likeness (QED) is 0.332. The van der Waals surface area contributed by atoms with E-state index in [1.165, 1.54) is 31.4 Å². The van der Waals surface area contributed by atoms with Crippen molar-refractivity contribution in [3.05, 3.63) is 68.7 Å². The molecule has 0 aliphatic carbocycles. The number of carbonyl (C=O) groups is 1. The van der Waals surface area contributed by atoms with Crippen LogP contribution in [0.15, 0.2) is 41.6 Å². The van der Waals surface area contributed by atoms with Gasteiger partial charge in [-0.3, -0.25) is 9.63 Å². The Kier molecular flexibility index (Phi) is 6.73. The second kappa shape index (κ2) is 8.87. The summed E-state index contributed by atoms with van der Waals surface area (Å²) in [4.78, 5) is 21.7. The molecule has 2 atom stereocenters. The summed E-state index contributed by atoms with van der Waals surface area (Å²) in [6.07, 6.45) is -4.76. The summed E-state index contributed by atoms with van der Waals surface area (Å²) in [5, 5.41) is 16.8. The lowest BCUT2D eigenvalue weighted by Gasteiger charge is -2.31. The molecule has 1 aliphatic heterocycles. The van der Waals surface area contributed by atoms with Gasteiger partial charge in [0, 0.05) is 27.6 Å². The number of nitrogens with one attached hydrogen (secondary N) is 2. The van der Waals surface area contributed by atoms with Gasteiger partial charge in [-0.2, -0.15) is 18.7 Å². The number of benzene rings is 2. The largest absolute Gasteiger partial charge is 0.413 e. The third kappa shape index (κ3) is 4.55. The predicted molar refractivity (Wildman–Crippen MR) is 111 cm³/mol. The molecule has 12 heteroatoms. The molecule has 1 heterocycles. The van der Waals surface area contributed by atoms with Crippen molar-refractivity contribution in [3.63, 3.8) is 0 Å². The number of aryl methyl sites for hydroxylation is 1. The second-order valence-electron chi connectivity index (χ2n) is 7.15. The molecule has 1 fully saturated rings. The van der Waals surface area contributed by atoms with E-state index in [0.29, 0.717) is 5.56 Å². The molecule has 3 rings (SSSR count). The Labute approximate surface area is 191 Å².